The Morgan fingerprint density at radius 3 is 2.65 bits per heavy atom. The molecule has 110 valence electrons. The second-order valence-electron chi connectivity index (χ2n) is 3.96. The molecule has 0 bridgehead atoms. The standard InChI is InChI=1S/C13H15Cl2NO4/c1-2-20-5-3-4-11(17)16-12-9(13(18)19)6-8(14)7-10(12)15/h6-7H,2-5H2,1H3,(H,16,17)(H,18,19). The van der Waals surface area contributed by atoms with Gasteiger partial charge in [-0.3, -0.25) is 4.79 Å². The molecule has 0 radical (unpaired) electrons. The van der Waals surface area contributed by atoms with Crippen molar-refractivity contribution in [1.29, 1.82) is 0 Å². The van der Waals surface area contributed by atoms with Crippen LogP contribution < -0.4 is 5.32 Å². The first-order valence-electron chi connectivity index (χ1n) is 6.05. The van der Waals surface area contributed by atoms with Crippen molar-refractivity contribution in [3.05, 3.63) is 27.7 Å². The van der Waals surface area contributed by atoms with Crippen molar-refractivity contribution in [2.45, 2.75) is 19.8 Å². The van der Waals surface area contributed by atoms with Gasteiger partial charge in [-0.2, -0.15) is 0 Å². The Balaban J connectivity index is 2.76. The van der Waals surface area contributed by atoms with Crippen molar-refractivity contribution in [3.8, 4) is 0 Å². The molecule has 20 heavy (non-hydrogen) atoms. The number of hydrogen-bond acceptors (Lipinski definition) is 3. The predicted octanol–water partition coefficient (Wildman–Crippen LogP) is 3.45. The first-order valence-corrected chi connectivity index (χ1v) is 6.81. The fraction of sp³-hybridized carbons (Fsp3) is 0.385. The van der Waals surface area contributed by atoms with Gasteiger partial charge in [-0.1, -0.05) is 23.2 Å². The summed E-state index contributed by atoms with van der Waals surface area (Å²) >= 11 is 11.7. The number of amides is 1. The van der Waals surface area contributed by atoms with Crippen molar-refractivity contribution in [1.82, 2.24) is 0 Å². The van der Waals surface area contributed by atoms with Gasteiger partial charge in [0.15, 0.2) is 0 Å². The van der Waals surface area contributed by atoms with Crippen molar-refractivity contribution in [3.63, 3.8) is 0 Å². The molecule has 1 aromatic rings. The van der Waals surface area contributed by atoms with Gasteiger partial charge in [0, 0.05) is 24.7 Å². The maximum Gasteiger partial charge on any atom is 0.337 e. The third-order valence-electron chi connectivity index (χ3n) is 2.45. The van der Waals surface area contributed by atoms with E-state index in [-0.39, 0.29) is 33.6 Å². The lowest BCUT2D eigenvalue weighted by atomic mass is 10.1. The van der Waals surface area contributed by atoms with Crippen LogP contribution in [0.15, 0.2) is 12.1 Å². The van der Waals surface area contributed by atoms with Crippen LogP contribution in [0, 0.1) is 0 Å². The highest BCUT2D eigenvalue weighted by Crippen LogP contribution is 2.30. The topological polar surface area (TPSA) is 75.6 Å². The average molecular weight is 320 g/mol. The molecule has 0 fully saturated rings. The fourth-order valence-electron chi connectivity index (χ4n) is 1.55. The third-order valence-corrected chi connectivity index (χ3v) is 2.96. The van der Waals surface area contributed by atoms with E-state index in [1.54, 1.807) is 0 Å². The summed E-state index contributed by atoms with van der Waals surface area (Å²) in [4.78, 5) is 22.9. The number of halogens is 2. The van der Waals surface area contributed by atoms with E-state index in [1.807, 2.05) is 6.92 Å². The van der Waals surface area contributed by atoms with Crippen molar-refractivity contribution < 1.29 is 19.4 Å². The van der Waals surface area contributed by atoms with Gasteiger partial charge in [0.05, 0.1) is 16.3 Å². The minimum absolute atomic E-state index is 0.0602. The van der Waals surface area contributed by atoms with E-state index >= 15 is 0 Å². The van der Waals surface area contributed by atoms with Crippen LogP contribution >= 0.6 is 23.2 Å². The second-order valence-corrected chi connectivity index (χ2v) is 4.81. The zero-order valence-electron chi connectivity index (χ0n) is 10.9. The number of carboxylic acids is 1. The quantitative estimate of drug-likeness (QED) is 0.755. The molecule has 0 aliphatic carbocycles. The van der Waals surface area contributed by atoms with E-state index in [0.717, 1.165) is 0 Å². The highest BCUT2D eigenvalue weighted by molar-refractivity contribution is 6.37. The molecule has 2 N–H and O–H groups in total. The van der Waals surface area contributed by atoms with E-state index in [2.05, 4.69) is 5.32 Å². The van der Waals surface area contributed by atoms with Crippen LogP contribution in [0.3, 0.4) is 0 Å². The van der Waals surface area contributed by atoms with E-state index < -0.39 is 5.97 Å². The molecule has 0 saturated heterocycles. The molecule has 1 amide bonds. The summed E-state index contributed by atoms with van der Waals surface area (Å²) in [7, 11) is 0. The number of aromatic carboxylic acids is 1. The number of ether oxygens (including phenoxy) is 1. The second kappa shape index (κ2) is 8.09. The van der Waals surface area contributed by atoms with Crippen molar-refractivity contribution in [2.24, 2.45) is 0 Å². The van der Waals surface area contributed by atoms with Crippen LogP contribution in [0.1, 0.15) is 30.1 Å². The molecule has 1 rings (SSSR count). The Kier molecular flexibility index (Phi) is 6.78. The molecule has 0 saturated carbocycles. The van der Waals surface area contributed by atoms with E-state index in [4.69, 9.17) is 33.0 Å². The van der Waals surface area contributed by atoms with Gasteiger partial charge in [0.2, 0.25) is 5.91 Å². The van der Waals surface area contributed by atoms with Gasteiger partial charge in [0.1, 0.15) is 0 Å². The molecule has 0 spiro atoms. The normalized spacial score (nSPS) is 10.3. The summed E-state index contributed by atoms with van der Waals surface area (Å²) in [5.41, 5.74) is -0.0781. The predicted molar refractivity (Wildman–Crippen MR) is 77.8 cm³/mol. The maximum absolute atomic E-state index is 11.7. The molecular formula is C13H15Cl2NO4. The number of carbonyl (C=O) groups excluding carboxylic acids is 1. The van der Waals surface area contributed by atoms with Gasteiger partial charge in [0.25, 0.3) is 0 Å². The molecule has 0 aromatic heterocycles. The molecule has 0 heterocycles. The van der Waals surface area contributed by atoms with Gasteiger partial charge in [-0.15, -0.1) is 0 Å². The van der Waals surface area contributed by atoms with E-state index in [9.17, 15) is 9.59 Å². The summed E-state index contributed by atoms with van der Waals surface area (Å²) in [6.07, 6.45) is 0.769. The number of nitrogens with one attached hydrogen (secondary N) is 1. The Labute approximate surface area is 126 Å². The van der Waals surface area contributed by atoms with Crippen LogP contribution in [0.4, 0.5) is 5.69 Å². The minimum Gasteiger partial charge on any atom is -0.478 e. The summed E-state index contributed by atoms with van der Waals surface area (Å²) < 4.78 is 5.12. The molecule has 0 aliphatic heterocycles. The van der Waals surface area contributed by atoms with Crippen LogP contribution in [-0.2, 0) is 9.53 Å². The van der Waals surface area contributed by atoms with Gasteiger partial charge < -0.3 is 15.2 Å². The summed E-state index contributed by atoms with van der Waals surface area (Å²) in [5.74, 6) is -1.53. The van der Waals surface area contributed by atoms with E-state index in [1.165, 1.54) is 12.1 Å². The van der Waals surface area contributed by atoms with Crippen molar-refractivity contribution in [2.75, 3.05) is 18.5 Å². The highest BCUT2D eigenvalue weighted by Gasteiger charge is 2.17. The molecule has 5 nitrogen and oxygen atoms in total. The zero-order chi connectivity index (χ0) is 15.1. The van der Waals surface area contributed by atoms with Gasteiger partial charge in [-0.05, 0) is 25.5 Å². The van der Waals surface area contributed by atoms with E-state index in [0.29, 0.717) is 19.6 Å². The third kappa shape index (κ3) is 5.00. The monoisotopic (exact) mass is 319 g/mol. The molecule has 0 aliphatic rings. The summed E-state index contributed by atoms with van der Waals surface area (Å²) in [5, 5.41) is 11.9. The van der Waals surface area contributed by atoms with Crippen molar-refractivity contribution >= 4 is 40.8 Å². The van der Waals surface area contributed by atoms with Gasteiger partial charge in [-0.25, -0.2) is 4.79 Å². The maximum atomic E-state index is 11.7. The Morgan fingerprint density at radius 2 is 2.05 bits per heavy atom. The van der Waals surface area contributed by atoms with Crippen LogP contribution in [0.25, 0.3) is 0 Å². The lowest BCUT2D eigenvalue weighted by Crippen LogP contribution is -2.15. The highest BCUT2D eigenvalue weighted by atomic mass is 35.5. The average Bonchev–Trinajstić information content (AvgIpc) is 2.37. The van der Waals surface area contributed by atoms with Crippen LogP contribution in [0.2, 0.25) is 10.0 Å². The Morgan fingerprint density at radius 1 is 1.35 bits per heavy atom. The number of hydrogen-bond donors (Lipinski definition) is 2. The van der Waals surface area contributed by atoms with Gasteiger partial charge >= 0.3 is 5.97 Å². The first-order chi connectivity index (χ1) is 9.45. The SMILES string of the molecule is CCOCCCC(=O)Nc1c(Cl)cc(Cl)cc1C(=O)O. The number of anilines is 1. The summed E-state index contributed by atoms with van der Waals surface area (Å²) in [6.45, 7) is 2.94. The lowest BCUT2D eigenvalue weighted by Gasteiger charge is -2.11. The Bertz CT molecular complexity index is 505. The molecule has 1 aromatic carbocycles. The molecular weight excluding hydrogens is 305 g/mol. The van der Waals surface area contributed by atoms with Crippen LogP contribution in [0.5, 0.6) is 0 Å². The largest absolute Gasteiger partial charge is 0.478 e. The fourth-order valence-corrected chi connectivity index (χ4v) is 2.09. The summed E-state index contributed by atoms with van der Waals surface area (Å²) in [6, 6.07) is 2.62. The first kappa shape index (κ1) is 16.8. The zero-order valence-corrected chi connectivity index (χ0v) is 12.4. The number of benzene rings is 1. The minimum atomic E-state index is -1.21. The molecule has 0 atom stereocenters. The number of carboxylic acid groups (broad SMARTS) is 1. The molecule has 7 heteroatoms. The smallest absolute Gasteiger partial charge is 0.337 e. The lowest BCUT2D eigenvalue weighted by molar-refractivity contribution is -0.116. The number of rotatable bonds is 7. The Hall–Kier alpha value is -1.30. The number of carbonyl (C=O) groups is 2. The molecule has 0 unspecified atom stereocenters. The van der Waals surface area contributed by atoms with Crippen LogP contribution in [-0.4, -0.2) is 30.2 Å².